The molecule has 0 aromatic heterocycles. The van der Waals surface area contributed by atoms with E-state index in [-0.39, 0.29) is 0 Å². The molecule has 1 aliphatic heterocycles. The Morgan fingerprint density at radius 1 is 0.812 bits per heavy atom. The van der Waals surface area contributed by atoms with Gasteiger partial charge in [0.2, 0.25) is 0 Å². The van der Waals surface area contributed by atoms with Gasteiger partial charge in [-0.25, -0.2) is 0 Å². The van der Waals surface area contributed by atoms with Crippen molar-refractivity contribution in [3.8, 4) is 0 Å². The Morgan fingerprint density at radius 2 is 1.44 bits per heavy atom. The number of rotatable bonds is 8. The molecule has 0 aromatic rings. The van der Waals surface area contributed by atoms with Crippen molar-refractivity contribution < 1.29 is 9.22 Å². The molecular weight excluding hydrogens is 198 g/mol. The van der Waals surface area contributed by atoms with E-state index in [2.05, 4.69) is 13.8 Å². The Hall–Kier alpha value is -0.0800. The summed E-state index contributed by atoms with van der Waals surface area (Å²) in [7, 11) is 0. The van der Waals surface area contributed by atoms with Crippen LogP contribution in [0.1, 0.15) is 52.4 Å². The summed E-state index contributed by atoms with van der Waals surface area (Å²) in [4.78, 5) is 0. The minimum Gasteiger partial charge on any atom is -0.370 e. The van der Waals surface area contributed by atoms with E-state index in [1.807, 2.05) is 0 Å². The van der Waals surface area contributed by atoms with Crippen LogP contribution in [0, 0.1) is 0 Å². The molecule has 0 unspecified atom stereocenters. The van der Waals surface area contributed by atoms with Gasteiger partial charge in [-0.05, 0) is 19.3 Å². The van der Waals surface area contributed by atoms with E-state index in [1.165, 1.54) is 69.2 Å². The van der Waals surface area contributed by atoms with E-state index in [9.17, 15) is 0 Å². The van der Waals surface area contributed by atoms with Crippen LogP contribution in [0.5, 0.6) is 0 Å². The van der Waals surface area contributed by atoms with Crippen molar-refractivity contribution in [2.45, 2.75) is 52.4 Å². The summed E-state index contributed by atoms with van der Waals surface area (Å²) in [6.07, 6.45) is 8.30. The Bertz CT molecular complexity index is 164. The molecule has 1 saturated heterocycles. The van der Waals surface area contributed by atoms with Crippen LogP contribution in [-0.2, 0) is 4.74 Å². The molecule has 0 aromatic carbocycles. The number of morpholine rings is 1. The molecule has 2 nitrogen and oxygen atoms in total. The Kier molecular flexibility index (Phi) is 7.06. The zero-order valence-corrected chi connectivity index (χ0v) is 11.3. The number of unbranched alkanes of at least 4 members (excludes halogenated alkanes) is 4. The smallest absolute Gasteiger partial charge is 0.102 e. The molecule has 0 N–H and O–H groups in total. The van der Waals surface area contributed by atoms with Crippen molar-refractivity contribution in [1.82, 2.24) is 0 Å². The first-order valence-corrected chi connectivity index (χ1v) is 7.26. The Balaban J connectivity index is 2.30. The maximum atomic E-state index is 5.52. The topological polar surface area (TPSA) is 9.23 Å². The summed E-state index contributed by atoms with van der Waals surface area (Å²) >= 11 is 0. The van der Waals surface area contributed by atoms with E-state index in [1.54, 1.807) is 0 Å². The molecule has 0 saturated carbocycles. The summed E-state index contributed by atoms with van der Waals surface area (Å²) < 4.78 is 6.86. The number of nitrogens with zero attached hydrogens (tertiary/aromatic N) is 1. The molecular formula is C14H30NO+. The quantitative estimate of drug-likeness (QED) is 0.458. The first kappa shape index (κ1) is 14.0. The van der Waals surface area contributed by atoms with Gasteiger partial charge in [0.1, 0.15) is 13.1 Å². The lowest BCUT2D eigenvalue weighted by Crippen LogP contribution is -2.56. The summed E-state index contributed by atoms with van der Waals surface area (Å²) in [6.45, 7) is 11.8. The van der Waals surface area contributed by atoms with Crippen molar-refractivity contribution in [2.24, 2.45) is 0 Å². The van der Waals surface area contributed by atoms with Gasteiger partial charge in [0.15, 0.2) is 0 Å². The summed E-state index contributed by atoms with van der Waals surface area (Å²) in [5.74, 6) is 0. The highest BCUT2D eigenvalue weighted by molar-refractivity contribution is 4.52. The highest BCUT2D eigenvalue weighted by Crippen LogP contribution is 2.16. The van der Waals surface area contributed by atoms with Gasteiger partial charge in [-0.2, -0.15) is 0 Å². The van der Waals surface area contributed by atoms with Gasteiger partial charge in [-0.1, -0.05) is 33.1 Å². The summed E-state index contributed by atoms with van der Waals surface area (Å²) in [6, 6.07) is 0. The van der Waals surface area contributed by atoms with Gasteiger partial charge < -0.3 is 9.22 Å². The minimum absolute atomic E-state index is 0.984. The van der Waals surface area contributed by atoms with Crippen LogP contribution in [-0.4, -0.2) is 43.9 Å². The van der Waals surface area contributed by atoms with Gasteiger partial charge >= 0.3 is 0 Å². The van der Waals surface area contributed by atoms with Gasteiger partial charge in [0.25, 0.3) is 0 Å². The molecule has 0 radical (unpaired) electrons. The number of hydrogen-bond acceptors (Lipinski definition) is 1. The van der Waals surface area contributed by atoms with Gasteiger partial charge in [-0.3, -0.25) is 0 Å². The van der Waals surface area contributed by atoms with E-state index >= 15 is 0 Å². The molecule has 0 aliphatic carbocycles. The van der Waals surface area contributed by atoms with Crippen molar-refractivity contribution in [3.05, 3.63) is 0 Å². The summed E-state index contributed by atoms with van der Waals surface area (Å²) in [5.41, 5.74) is 0. The molecule has 16 heavy (non-hydrogen) atoms. The lowest BCUT2D eigenvalue weighted by Gasteiger charge is -2.41. The molecule has 0 atom stereocenters. The van der Waals surface area contributed by atoms with Crippen molar-refractivity contribution in [1.29, 1.82) is 0 Å². The van der Waals surface area contributed by atoms with Gasteiger partial charge in [0, 0.05) is 0 Å². The average Bonchev–Trinajstić information content (AvgIpc) is 2.34. The highest BCUT2D eigenvalue weighted by atomic mass is 16.5. The van der Waals surface area contributed by atoms with Crippen molar-refractivity contribution in [3.63, 3.8) is 0 Å². The van der Waals surface area contributed by atoms with Gasteiger partial charge in [-0.15, -0.1) is 0 Å². The SMILES string of the molecule is CCCCCC[N+]1(CCCC)CCOCC1. The molecule has 96 valence electrons. The maximum absolute atomic E-state index is 5.52. The second-order valence-corrected chi connectivity index (χ2v) is 5.26. The lowest BCUT2D eigenvalue weighted by molar-refractivity contribution is -0.935. The van der Waals surface area contributed by atoms with Gasteiger partial charge in [0.05, 0.1) is 26.3 Å². The highest BCUT2D eigenvalue weighted by Gasteiger charge is 2.28. The third-order valence-corrected chi connectivity index (χ3v) is 3.89. The Morgan fingerprint density at radius 3 is 2.06 bits per heavy atom. The fourth-order valence-electron chi connectivity index (χ4n) is 2.66. The first-order valence-electron chi connectivity index (χ1n) is 7.26. The second-order valence-electron chi connectivity index (χ2n) is 5.26. The predicted octanol–water partition coefficient (Wildman–Crippen LogP) is 3.21. The largest absolute Gasteiger partial charge is 0.370 e. The molecule has 0 spiro atoms. The zero-order valence-electron chi connectivity index (χ0n) is 11.3. The van der Waals surface area contributed by atoms with Crippen molar-refractivity contribution >= 4 is 0 Å². The van der Waals surface area contributed by atoms with E-state index < -0.39 is 0 Å². The van der Waals surface area contributed by atoms with Crippen molar-refractivity contribution in [2.75, 3.05) is 39.4 Å². The molecule has 1 aliphatic rings. The molecule has 1 rings (SSSR count). The predicted molar refractivity (Wildman–Crippen MR) is 69.6 cm³/mol. The first-order chi connectivity index (χ1) is 7.83. The lowest BCUT2D eigenvalue weighted by atomic mass is 10.1. The monoisotopic (exact) mass is 228 g/mol. The molecule has 2 heteroatoms. The Labute approximate surface area is 102 Å². The molecule has 0 amide bonds. The molecule has 1 fully saturated rings. The summed E-state index contributed by atoms with van der Waals surface area (Å²) in [5, 5.41) is 0. The fraction of sp³-hybridized carbons (Fsp3) is 1.00. The third kappa shape index (κ3) is 4.84. The number of ether oxygens (including phenoxy) is 1. The number of hydrogen-bond donors (Lipinski definition) is 0. The van der Waals surface area contributed by atoms with Crippen LogP contribution >= 0.6 is 0 Å². The minimum atomic E-state index is 0.984. The van der Waals surface area contributed by atoms with E-state index in [4.69, 9.17) is 4.74 Å². The van der Waals surface area contributed by atoms with E-state index in [0.29, 0.717) is 0 Å². The van der Waals surface area contributed by atoms with Crippen LogP contribution in [0.2, 0.25) is 0 Å². The third-order valence-electron chi connectivity index (χ3n) is 3.89. The standard InChI is InChI=1S/C14H30NO/c1-3-5-7-8-10-15(9-6-4-2)11-13-16-14-12-15/h3-14H2,1-2H3/q+1. The van der Waals surface area contributed by atoms with Crippen LogP contribution in [0.25, 0.3) is 0 Å². The fourth-order valence-corrected chi connectivity index (χ4v) is 2.66. The molecule has 0 bridgehead atoms. The maximum Gasteiger partial charge on any atom is 0.102 e. The van der Waals surface area contributed by atoms with Crippen LogP contribution in [0.3, 0.4) is 0 Å². The normalized spacial score (nSPS) is 19.9. The second kappa shape index (κ2) is 8.08. The van der Waals surface area contributed by atoms with Crippen LogP contribution in [0.15, 0.2) is 0 Å². The number of quaternary nitrogens is 1. The van der Waals surface area contributed by atoms with Crippen LogP contribution < -0.4 is 0 Å². The zero-order chi connectivity index (χ0) is 11.7. The molecule has 1 heterocycles. The average molecular weight is 228 g/mol. The van der Waals surface area contributed by atoms with E-state index in [0.717, 1.165) is 13.2 Å². The van der Waals surface area contributed by atoms with Crippen LogP contribution in [0.4, 0.5) is 0 Å².